The van der Waals surface area contributed by atoms with Gasteiger partial charge in [0.1, 0.15) is 5.75 Å². The van der Waals surface area contributed by atoms with Gasteiger partial charge in [-0.2, -0.15) is 8.78 Å². The van der Waals surface area contributed by atoms with Crippen LogP contribution in [0.1, 0.15) is 23.2 Å². The molecule has 0 radical (unpaired) electrons. The molecule has 1 fully saturated rings. The number of carbonyl (C=O) groups excluding carboxylic acids is 1. The summed E-state index contributed by atoms with van der Waals surface area (Å²) in [7, 11) is 0. The number of hydrogen-bond donors (Lipinski definition) is 2. The average molecular weight is 285 g/mol. The first-order valence-electron chi connectivity index (χ1n) is 6.04. The number of carbonyl (C=O) groups is 2. The summed E-state index contributed by atoms with van der Waals surface area (Å²) in [5.74, 6) is -1.82. The second-order valence-electron chi connectivity index (χ2n) is 4.58. The summed E-state index contributed by atoms with van der Waals surface area (Å²) in [6.07, 6.45) is 0.766. The maximum absolute atomic E-state index is 12.1. The summed E-state index contributed by atoms with van der Waals surface area (Å²) < 4.78 is 28.3. The van der Waals surface area contributed by atoms with Crippen molar-refractivity contribution in [1.29, 1.82) is 0 Å². The van der Waals surface area contributed by atoms with E-state index in [2.05, 4.69) is 10.1 Å². The first-order chi connectivity index (χ1) is 9.45. The molecule has 0 spiro atoms. The van der Waals surface area contributed by atoms with Crippen LogP contribution in [0.15, 0.2) is 24.3 Å². The summed E-state index contributed by atoms with van der Waals surface area (Å²) in [5, 5.41) is 11.4. The van der Waals surface area contributed by atoms with Gasteiger partial charge in [0.25, 0.3) is 5.91 Å². The van der Waals surface area contributed by atoms with Gasteiger partial charge in [-0.05, 0) is 31.0 Å². The minimum atomic E-state index is -2.95. The number of amides is 1. The van der Waals surface area contributed by atoms with Gasteiger partial charge in [-0.3, -0.25) is 9.59 Å². The second-order valence-corrected chi connectivity index (χ2v) is 4.58. The molecule has 2 N–H and O–H groups in total. The molecule has 0 atom stereocenters. The molecule has 0 unspecified atom stereocenters. The largest absolute Gasteiger partial charge is 0.481 e. The monoisotopic (exact) mass is 285 g/mol. The highest BCUT2D eigenvalue weighted by molar-refractivity contribution is 5.95. The van der Waals surface area contributed by atoms with E-state index >= 15 is 0 Å². The maximum Gasteiger partial charge on any atom is 0.387 e. The van der Waals surface area contributed by atoms with Crippen LogP contribution in [0.2, 0.25) is 0 Å². The quantitative estimate of drug-likeness (QED) is 0.866. The normalized spacial score (nSPS) is 21.1. The maximum atomic E-state index is 12.1. The fourth-order valence-corrected chi connectivity index (χ4v) is 2.02. The Kier molecular flexibility index (Phi) is 4.16. The Morgan fingerprint density at radius 3 is 2.65 bits per heavy atom. The van der Waals surface area contributed by atoms with Gasteiger partial charge in [0.2, 0.25) is 0 Å². The van der Waals surface area contributed by atoms with Crippen LogP contribution >= 0.6 is 0 Å². The second kappa shape index (κ2) is 5.85. The fourth-order valence-electron chi connectivity index (χ4n) is 2.02. The zero-order chi connectivity index (χ0) is 14.7. The Morgan fingerprint density at radius 2 is 2.05 bits per heavy atom. The van der Waals surface area contributed by atoms with E-state index in [9.17, 15) is 18.4 Å². The molecule has 20 heavy (non-hydrogen) atoms. The van der Waals surface area contributed by atoms with Crippen molar-refractivity contribution < 1.29 is 28.2 Å². The number of halogens is 2. The highest BCUT2D eigenvalue weighted by Crippen LogP contribution is 2.27. The van der Waals surface area contributed by atoms with E-state index in [1.165, 1.54) is 24.3 Å². The van der Waals surface area contributed by atoms with Crippen molar-refractivity contribution in [3.63, 3.8) is 0 Å². The number of carboxylic acid groups (broad SMARTS) is 1. The first-order valence-corrected chi connectivity index (χ1v) is 6.04. The van der Waals surface area contributed by atoms with Crippen LogP contribution < -0.4 is 10.1 Å². The van der Waals surface area contributed by atoms with Crippen molar-refractivity contribution in [3.8, 4) is 5.75 Å². The molecule has 0 bridgehead atoms. The van der Waals surface area contributed by atoms with Crippen LogP contribution in [0.3, 0.4) is 0 Å². The van der Waals surface area contributed by atoms with E-state index in [1.54, 1.807) is 0 Å². The Bertz CT molecular complexity index is 515. The smallest absolute Gasteiger partial charge is 0.387 e. The minimum Gasteiger partial charge on any atom is -0.481 e. The van der Waals surface area contributed by atoms with Gasteiger partial charge in [-0.25, -0.2) is 0 Å². The molecular weight excluding hydrogens is 272 g/mol. The summed E-state index contributed by atoms with van der Waals surface area (Å²) in [6, 6.07) is 5.26. The van der Waals surface area contributed by atoms with Crippen molar-refractivity contribution in [2.24, 2.45) is 5.92 Å². The Balaban J connectivity index is 1.91. The predicted molar refractivity (Wildman–Crippen MR) is 64.7 cm³/mol. The highest BCUT2D eigenvalue weighted by atomic mass is 19.3. The fraction of sp³-hybridized carbons (Fsp3) is 0.385. The number of hydrogen-bond acceptors (Lipinski definition) is 3. The summed E-state index contributed by atoms with van der Waals surface area (Å²) >= 11 is 0. The minimum absolute atomic E-state index is 0.0929. The lowest BCUT2D eigenvalue weighted by atomic mass is 9.80. The molecular formula is C13H13F2NO4. The van der Waals surface area contributed by atoms with Gasteiger partial charge in [0, 0.05) is 11.6 Å². The van der Waals surface area contributed by atoms with Gasteiger partial charge in [0.15, 0.2) is 0 Å². The third-order valence-electron chi connectivity index (χ3n) is 3.14. The Morgan fingerprint density at radius 1 is 1.35 bits per heavy atom. The lowest BCUT2D eigenvalue weighted by Gasteiger charge is -2.32. The number of carboxylic acids is 1. The zero-order valence-electron chi connectivity index (χ0n) is 10.4. The molecule has 0 aromatic heterocycles. The van der Waals surface area contributed by atoms with Gasteiger partial charge in [-0.1, -0.05) is 6.07 Å². The molecule has 1 amide bonds. The van der Waals surface area contributed by atoms with E-state index in [4.69, 9.17) is 5.11 Å². The van der Waals surface area contributed by atoms with E-state index in [0.717, 1.165) is 0 Å². The molecule has 0 saturated heterocycles. The van der Waals surface area contributed by atoms with Gasteiger partial charge < -0.3 is 15.2 Å². The van der Waals surface area contributed by atoms with Crippen molar-refractivity contribution in [2.45, 2.75) is 25.5 Å². The molecule has 1 aliphatic carbocycles. The standard InChI is InChI=1S/C13H13F2NO4/c14-13(15)20-10-3-1-2-7(6-10)11(17)16-9-4-8(5-9)12(18)19/h1-3,6,8-9,13H,4-5H2,(H,16,17)(H,18,19). The summed E-state index contributed by atoms with van der Waals surface area (Å²) in [4.78, 5) is 22.5. The molecule has 0 heterocycles. The SMILES string of the molecule is O=C(NC1CC(C(=O)O)C1)c1cccc(OC(F)F)c1. The Labute approximate surface area is 113 Å². The molecule has 1 saturated carbocycles. The van der Waals surface area contributed by atoms with Crippen molar-refractivity contribution in [3.05, 3.63) is 29.8 Å². The summed E-state index contributed by atoms with van der Waals surface area (Å²) in [5.41, 5.74) is 0.196. The van der Waals surface area contributed by atoms with E-state index < -0.39 is 24.4 Å². The predicted octanol–water partition coefficient (Wildman–Crippen LogP) is 1.88. The van der Waals surface area contributed by atoms with Gasteiger partial charge in [-0.15, -0.1) is 0 Å². The number of benzene rings is 1. The average Bonchev–Trinajstić information content (AvgIpc) is 2.32. The van der Waals surface area contributed by atoms with Gasteiger partial charge in [0.05, 0.1) is 5.92 Å². The van der Waals surface area contributed by atoms with Crippen LogP contribution in [-0.2, 0) is 4.79 Å². The molecule has 5 nitrogen and oxygen atoms in total. The molecule has 1 aromatic carbocycles. The topological polar surface area (TPSA) is 75.6 Å². The molecule has 2 rings (SSSR count). The number of aliphatic carboxylic acids is 1. The molecule has 108 valence electrons. The van der Waals surface area contributed by atoms with Crippen LogP contribution in [-0.4, -0.2) is 29.6 Å². The molecule has 7 heteroatoms. The lowest BCUT2D eigenvalue weighted by Crippen LogP contribution is -2.46. The number of nitrogens with one attached hydrogen (secondary N) is 1. The summed E-state index contributed by atoms with van der Waals surface area (Å²) in [6.45, 7) is -2.95. The van der Waals surface area contributed by atoms with E-state index in [1.807, 2.05) is 0 Å². The third-order valence-corrected chi connectivity index (χ3v) is 3.14. The van der Waals surface area contributed by atoms with Crippen molar-refractivity contribution in [2.75, 3.05) is 0 Å². The van der Waals surface area contributed by atoms with E-state index in [-0.39, 0.29) is 17.4 Å². The Hall–Kier alpha value is -2.18. The van der Waals surface area contributed by atoms with Crippen LogP contribution in [0.5, 0.6) is 5.75 Å². The van der Waals surface area contributed by atoms with Crippen LogP contribution in [0.4, 0.5) is 8.78 Å². The number of ether oxygens (including phenoxy) is 1. The van der Waals surface area contributed by atoms with Gasteiger partial charge >= 0.3 is 12.6 Å². The molecule has 0 aliphatic heterocycles. The highest BCUT2D eigenvalue weighted by Gasteiger charge is 2.35. The zero-order valence-corrected chi connectivity index (χ0v) is 10.4. The number of rotatable bonds is 5. The third kappa shape index (κ3) is 3.43. The van der Waals surface area contributed by atoms with Crippen LogP contribution in [0.25, 0.3) is 0 Å². The lowest BCUT2D eigenvalue weighted by molar-refractivity contribution is -0.145. The number of alkyl halides is 2. The van der Waals surface area contributed by atoms with Crippen LogP contribution in [0, 0.1) is 5.92 Å². The van der Waals surface area contributed by atoms with Crippen molar-refractivity contribution in [1.82, 2.24) is 5.32 Å². The molecule has 1 aliphatic rings. The van der Waals surface area contributed by atoms with E-state index in [0.29, 0.717) is 12.8 Å². The molecule has 1 aromatic rings. The van der Waals surface area contributed by atoms with Crippen molar-refractivity contribution >= 4 is 11.9 Å². The first kappa shape index (κ1) is 14.2.